The van der Waals surface area contributed by atoms with Gasteiger partial charge in [0, 0.05) is 29.9 Å². The number of rotatable bonds is 3. The summed E-state index contributed by atoms with van der Waals surface area (Å²) in [5.41, 5.74) is 2.25. The van der Waals surface area contributed by atoms with Crippen LogP contribution in [-0.4, -0.2) is 24.7 Å². The molecule has 0 N–H and O–H groups in total. The summed E-state index contributed by atoms with van der Waals surface area (Å²) in [5, 5.41) is 0. The molecule has 3 nitrogen and oxygen atoms in total. The molecule has 0 unspecified atom stereocenters. The smallest absolute Gasteiger partial charge is 0.159 e. The van der Waals surface area contributed by atoms with Crippen molar-refractivity contribution in [3.05, 3.63) is 29.3 Å². The maximum atomic E-state index is 11.5. The van der Waals surface area contributed by atoms with Crippen LogP contribution in [0.3, 0.4) is 0 Å². The zero-order chi connectivity index (χ0) is 12.4. The SMILES string of the molecule is CC(=O)c1cc(C(C)=O)cc(N2CCCC2)c1. The van der Waals surface area contributed by atoms with Gasteiger partial charge in [0.2, 0.25) is 0 Å². The lowest BCUT2D eigenvalue weighted by atomic mass is 10.0. The number of carbonyl (C=O) groups is 2. The molecule has 1 aliphatic heterocycles. The molecule has 1 aromatic rings. The quantitative estimate of drug-likeness (QED) is 0.750. The molecule has 1 saturated heterocycles. The summed E-state index contributed by atoms with van der Waals surface area (Å²) in [7, 11) is 0. The van der Waals surface area contributed by atoms with Crippen LogP contribution in [0.15, 0.2) is 18.2 Å². The van der Waals surface area contributed by atoms with Crippen LogP contribution in [0.5, 0.6) is 0 Å². The van der Waals surface area contributed by atoms with Gasteiger partial charge in [0.25, 0.3) is 0 Å². The van der Waals surface area contributed by atoms with Gasteiger partial charge in [-0.25, -0.2) is 0 Å². The number of hydrogen-bond donors (Lipinski definition) is 0. The van der Waals surface area contributed by atoms with Crippen LogP contribution >= 0.6 is 0 Å². The van der Waals surface area contributed by atoms with Crippen molar-refractivity contribution in [2.24, 2.45) is 0 Å². The Morgan fingerprint density at radius 3 is 1.82 bits per heavy atom. The van der Waals surface area contributed by atoms with Gasteiger partial charge in [0.15, 0.2) is 11.6 Å². The molecule has 3 heteroatoms. The molecule has 0 aromatic heterocycles. The molecule has 17 heavy (non-hydrogen) atoms. The number of carbonyl (C=O) groups excluding carboxylic acids is 2. The molecule has 0 aliphatic carbocycles. The Morgan fingerprint density at radius 1 is 0.941 bits per heavy atom. The maximum Gasteiger partial charge on any atom is 0.159 e. The van der Waals surface area contributed by atoms with Crippen LogP contribution in [0.25, 0.3) is 0 Å². The molecule has 90 valence electrons. The fourth-order valence-corrected chi connectivity index (χ4v) is 2.18. The molecule has 2 rings (SSSR count). The first-order valence-corrected chi connectivity index (χ1v) is 6.00. The molecule has 1 heterocycles. The molecule has 0 saturated carbocycles. The van der Waals surface area contributed by atoms with Gasteiger partial charge in [-0.15, -0.1) is 0 Å². The average molecular weight is 231 g/mol. The Hall–Kier alpha value is -1.64. The third-order valence-corrected chi connectivity index (χ3v) is 3.20. The Bertz CT molecular complexity index is 427. The van der Waals surface area contributed by atoms with Crippen molar-refractivity contribution in [1.82, 2.24) is 0 Å². The van der Waals surface area contributed by atoms with Crippen LogP contribution in [0.4, 0.5) is 5.69 Å². The predicted molar refractivity (Wildman–Crippen MR) is 67.9 cm³/mol. The van der Waals surface area contributed by atoms with Gasteiger partial charge in [-0.1, -0.05) is 0 Å². The summed E-state index contributed by atoms with van der Waals surface area (Å²) >= 11 is 0. The van der Waals surface area contributed by atoms with E-state index in [-0.39, 0.29) is 11.6 Å². The molecule has 0 amide bonds. The lowest BCUT2D eigenvalue weighted by molar-refractivity contribution is 0.101. The number of nitrogens with zero attached hydrogens (tertiary/aromatic N) is 1. The van der Waals surface area contributed by atoms with Gasteiger partial charge in [0.1, 0.15) is 0 Å². The summed E-state index contributed by atoms with van der Waals surface area (Å²) in [5.74, 6) is 0.0158. The lowest BCUT2D eigenvalue weighted by Crippen LogP contribution is -2.18. The van der Waals surface area contributed by atoms with E-state index in [0.717, 1.165) is 18.8 Å². The highest BCUT2D eigenvalue weighted by molar-refractivity contribution is 6.01. The zero-order valence-electron chi connectivity index (χ0n) is 10.3. The van der Waals surface area contributed by atoms with Crippen molar-refractivity contribution < 1.29 is 9.59 Å². The van der Waals surface area contributed by atoms with Crippen LogP contribution < -0.4 is 4.90 Å². The highest BCUT2D eigenvalue weighted by Crippen LogP contribution is 2.23. The van der Waals surface area contributed by atoms with Gasteiger partial charge in [-0.2, -0.15) is 0 Å². The zero-order valence-corrected chi connectivity index (χ0v) is 10.3. The van der Waals surface area contributed by atoms with Crippen LogP contribution in [0.2, 0.25) is 0 Å². The summed E-state index contributed by atoms with van der Waals surface area (Å²) < 4.78 is 0. The van der Waals surface area contributed by atoms with E-state index < -0.39 is 0 Å². The molecule has 1 fully saturated rings. The van der Waals surface area contributed by atoms with Crippen molar-refractivity contribution >= 4 is 17.3 Å². The first-order chi connectivity index (χ1) is 8.08. The summed E-state index contributed by atoms with van der Waals surface area (Å²) in [6, 6.07) is 5.46. The van der Waals surface area contributed by atoms with Crippen LogP contribution in [0.1, 0.15) is 47.4 Å². The monoisotopic (exact) mass is 231 g/mol. The normalized spacial score (nSPS) is 15.1. The number of Topliss-reactive ketones (excluding diaryl/α,β-unsaturated/α-hetero) is 2. The number of anilines is 1. The Morgan fingerprint density at radius 2 is 1.41 bits per heavy atom. The summed E-state index contributed by atoms with van der Waals surface area (Å²) in [6.07, 6.45) is 2.36. The van der Waals surface area contributed by atoms with Crippen molar-refractivity contribution in [3.8, 4) is 0 Å². The van der Waals surface area contributed by atoms with Crippen molar-refractivity contribution in [2.75, 3.05) is 18.0 Å². The van der Waals surface area contributed by atoms with E-state index in [1.165, 1.54) is 26.7 Å². The largest absolute Gasteiger partial charge is 0.371 e. The van der Waals surface area contributed by atoms with E-state index in [1.54, 1.807) is 6.07 Å². The molecule has 1 aliphatic rings. The molecule has 1 aromatic carbocycles. The Balaban J connectivity index is 2.43. The molecule has 0 radical (unpaired) electrons. The van der Waals surface area contributed by atoms with Crippen molar-refractivity contribution in [1.29, 1.82) is 0 Å². The third kappa shape index (κ3) is 2.54. The van der Waals surface area contributed by atoms with Gasteiger partial charge >= 0.3 is 0 Å². The minimum Gasteiger partial charge on any atom is -0.371 e. The highest BCUT2D eigenvalue weighted by atomic mass is 16.1. The fourth-order valence-electron chi connectivity index (χ4n) is 2.18. The summed E-state index contributed by atoms with van der Waals surface area (Å²) in [4.78, 5) is 25.1. The molecular weight excluding hydrogens is 214 g/mol. The minimum absolute atomic E-state index is 0.00791. The van der Waals surface area contributed by atoms with Gasteiger partial charge in [-0.05, 0) is 44.9 Å². The number of benzene rings is 1. The van der Waals surface area contributed by atoms with Crippen LogP contribution in [0, 0.1) is 0 Å². The predicted octanol–water partition coefficient (Wildman–Crippen LogP) is 2.69. The Labute approximate surface area is 101 Å². The third-order valence-electron chi connectivity index (χ3n) is 3.20. The Kier molecular flexibility index (Phi) is 3.27. The van der Waals surface area contributed by atoms with Gasteiger partial charge < -0.3 is 4.90 Å². The standard InChI is InChI=1S/C14H17NO2/c1-10(16)12-7-13(11(2)17)9-14(8-12)15-5-3-4-6-15/h7-9H,3-6H2,1-2H3. The first kappa shape index (κ1) is 11.8. The van der Waals surface area contributed by atoms with Crippen molar-refractivity contribution in [3.63, 3.8) is 0 Å². The minimum atomic E-state index is 0.00791. The second kappa shape index (κ2) is 4.70. The molecule has 0 bridgehead atoms. The number of hydrogen-bond acceptors (Lipinski definition) is 3. The lowest BCUT2D eigenvalue weighted by Gasteiger charge is -2.19. The van der Waals surface area contributed by atoms with E-state index in [0.29, 0.717) is 11.1 Å². The maximum absolute atomic E-state index is 11.5. The van der Waals surface area contributed by atoms with Crippen LogP contribution in [-0.2, 0) is 0 Å². The number of ketones is 2. The van der Waals surface area contributed by atoms with E-state index in [4.69, 9.17) is 0 Å². The van der Waals surface area contributed by atoms with E-state index in [1.807, 2.05) is 12.1 Å². The highest BCUT2D eigenvalue weighted by Gasteiger charge is 2.15. The van der Waals surface area contributed by atoms with E-state index in [2.05, 4.69) is 4.90 Å². The second-order valence-electron chi connectivity index (χ2n) is 4.58. The molecule has 0 atom stereocenters. The summed E-state index contributed by atoms with van der Waals surface area (Å²) in [6.45, 7) is 5.09. The topological polar surface area (TPSA) is 37.4 Å². The molecule has 0 spiro atoms. The molecular formula is C14H17NO2. The first-order valence-electron chi connectivity index (χ1n) is 6.00. The second-order valence-corrected chi connectivity index (χ2v) is 4.58. The van der Waals surface area contributed by atoms with E-state index >= 15 is 0 Å². The average Bonchev–Trinajstić information content (AvgIpc) is 2.81. The van der Waals surface area contributed by atoms with E-state index in [9.17, 15) is 9.59 Å². The fraction of sp³-hybridized carbons (Fsp3) is 0.429. The van der Waals surface area contributed by atoms with Gasteiger partial charge in [-0.3, -0.25) is 9.59 Å². The van der Waals surface area contributed by atoms with Gasteiger partial charge in [0.05, 0.1) is 0 Å². The van der Waals surface area contributed by atoms with Crippen molar-refractivity contribution in [2.45, 2.75) is 26.7 Å².